The highest BCUT2D eigenvalue weighted by atomic mass is 79.9. The number of aliphatic hydroxyl groups is 1. The van der Waals surface area contributed by atoms with E-state index < -0.39 is 0 Å². The van der Waals surface area contributed by atoms with Crippen molar-refractivity contribution in [3.8, 4) is 0 Å². The number of hydrogen-bond acceptors (Lipinski definition) is 2. The maximum atomic E-state index is 9.16. The second-order valence-electron chi connectivity index (χ2n) is 4.60. The number of aliphatic hydroxyl groups excluding tert-OH is 1. The zero-order valence-electron chi connectivity index (χ0n) is 10.7. The Hall–Kier alpha value is -0.380. The van der Waals surface area contributed by atoms with Crippen LogP contribution in [-0.2, 0) is 6.42 Å². The van der Waals surface area contributed by atoms with E-state index in [1.54, 1.807) is 0 Å². The topological polar surface area (TPSA) is 23.5 Å². The molecule has 0 saturated carbocycles. The smallest absolute Gasteiger partial charge is 0.0471 e. The van der Waals surface area contributed by atoms with Crippen molar-refractivity contribution in [2.75, 3.05) is 26.7 Å². The van der Waals surface area contributed by atoms with E-state index in [4.69, 9.17) is 5.11 Å². The molecule has 0 aliphatic heterocycles. The Morgan fingerprint density at radius 1 is 1.29 bits per heavy atom. The number of halogens is 1. The van der Waals surface area contributed by atoms with Gasteiger partial charge in [-0.1, -0.05) is 35.0 Å². The molecule has 1 rings (SSSR count). The molecule has 1 unspecified atom stereocenters. The van der Waals surface area contributed by atoms with Gasteiger partial charge in [0.1, 0.15) is 0 Å². The summed E-state index contributed by atoms with van der Waals surface area (Å²) in [7, 11) is 2.12. The van der Waals surface area contributed by atoms with Crippen LogP contribution in [-0.4, -0.2) is 36.8 Å². The maximum absolute atomic E-state index is 9.16. The number of nitrogens with zero attached hydrogens (tertiary/aromatic N) is 1. The van der Waals surface area contributed by atoms with E-state index in [9.17, 15) is 0 Å². The number of benzene rings is 1. The van der Waals surface area contributed by atoms with Crippen LogP contribution < -0.4 is 0 Å². The van der Waals surface area contributed by atoms with Crippen molar-refractivity contribution in [3.63, 3.8) is 0 Å². The van der Waals surface area contributed by atoms with Crippen LogP contribution in [0.5, 0.6) is 0 Å². The molecular formula is C14H22BrNO. The number of hydrogen-bond donors (Lipinski definition) is 1. The second-order valence-corrected chi connectivity index (χ2v) is 5.51. The summed E-state index contributed by atoms with van der Waals surface area (Å²) in [6, 6.07) is 8.47. The highest BCUT2D eigenvalue weighted by Gasteiger charge is 2.08. The van der Waals surface area contributed by atoms with Crippen LogP contribution in [0.3, 0.4) is 0 Å². The molecule has 0 aromatic heterocycles. The molecule has 0 spiro atoms. The molecule has 0 heterocycles. The van der Waals surface area contributed by atoms with Crippen LogP contribution in [0.15, 0.2) is 28.7 Å². The standard InChI is InChI=1S/C14H22BrNO/c1-3-12(11-17)10-16(2)9-8-13-4-6-14(15)7-5-13/h4-7,12,17H,3,8-11H2,1-2H3. The molecule has 0 bridgehead atoms. The highest BCUT2D eigenvalue weighted by molar-refractivity contribution is 9.10. The SMILES string of the molecule is CCC(CO)CN(C)CCc1ccc(Br)cc1. The lowest BCUT2D eigenvalue weighted by molar-refractivity contribution is 0.177. The normalized spacial score (nSPS) is 13.0. The molecule has 1 atom stereocenters. The monoisotopic (exact) mass is 299 g/mol. The third-order valence-corrected chi connectivity index (χ3v) is 3.63. The Kier molecular flexibility index (Phi) is 6.78. The van der Waals surface area contributed by atoms with E-state index in [0.29, 0.717) is 12.5 Å². The second kappa shape index (κ2) is 7.85. The van der Waals surface area contributed by atoms with E-state index in [1.165, 1.54) is 5.56 Å². The van der Waals surface area contributed by atoms with E-state index in [2.05, 4.69) is 59.1 Å². The van der Waals surface area contributed by atoms with Crippen molar-refractivity contribution in [2.45, 2.75) is 19.8 Å². The minimum Gasteiger partial charge on any atom is -0.396 e. The van der Waals surface area contributed by atoms with E-state index in [0.717, 1.165) is 30.4 Å². The molecule has 1 aromatic rings. The molecule has 0 fully saturated rings. The average Bonchev–Trinajstić information content (AvgIpc) is 2.35. The highest BCUT2D eigenvalue weighted by Crippen LogP contribution is 2.11. The Bertz CT molecular complexity index is 309. The van der Waals surface area contributed by atoms with E-state index >= 15 is 0 Å². The summed E-state index contributed by atoms with van der Waals surface area (Å²) in [5.41, 5.74) is 1.36. The molecule has 0 amide bonds. The van der Waals surface area contributed by atoms with Crippen molar-refractivity contribution < 1.29 is 5.11 Å². The first kappa shape index (κ1) is 14.7. The third-order valence-electron chi connectivity index (χ3n) is 3.10. The predicted octanol–water partition coefficient (Wildman–Crippen LogP) is 2.94. The van der Waals surface area contributed by atoms with Gasteiger partial charge in [-0.2, -0.15) is 0 Å². The van der Waals surface area contributed by atoms with E-state index in [-0.39, 0.29) is 0 Å². The summed E-state index contributed by atoms with van der Waals surface area (Å²) in [6.45, 7) is 4.43. The lowest BCUT2D eigenvalue weighted by Crippen LogP contribution is -2.29. The van der Waals surface area contributed by atoms with Gasteiger partial charge in [0, 0.05) is 24.2 Å². The summed E-state index contributed by atoms with van der Waals surface area (Å²) < 4.78 is 1.13. The van der Waals surface area contributed by atoms with Crippen molar-refractivity contribution >= 4 is 15.9 Å². The minimum absolute atomic E-state index is 0.291. The van der Waals surface area contributed by atoms with Gasteiger partial charge in [0.15, 0.2) is 0 Å². The first-order valence-corrected chi connectivity index (χ1v) is 6.98. The van der Waals surface area contributed by atoms with Gasteiger partial charge in [-0.3, -0.25) is 0 Å². The van der Waals surface area contributed by atoms with Gasteiger partial charge in [0.05, 0.1) is 0 Å². The number of rotatable bonds is 7. The van der Waals surface area contributed by atoms with Gasteiger partial charge < -0.3 is 10.0 Å². The molecule has 1 aromatic carbocycles. The molecule has 0 aliphatic carbocycles. The quantitative estimate of drug-likeness (QED) is 0.837. The Morgan fingerprint density at radius 3 is 2.47 bits per heavy atom. The number of likely N-dealkylation sites (N-methyl/N-ethyl adjacent to an activating group) is 1. The lowest BCUT2D eigenvalue weighted by Gasteiger charge is -2.21. The van der Waals surface area contributed by atoms with Gasteiger partial charge in [-0.05, 0) is 43.5 Å². The first-order chi connectivity index (χ1) is 8.15. The first-order valence-electron chi connectivity index (χ1n) is 6.19. The molecular weight excluding hydrogens is 278 g/mol. The van der Waals surface area contributed by atoms with Crippen molar-refractivity contribution in [3.05, 3.63) is 34.3 Å². The molecule has 1 N–H and O–H groups in total. The predicted molar refractivity (Wildman–Crippen MR) is 76.2 cm³/mol. The zero-order valence-corrected chi connectivity index (χ0v) is 12.3. The fourth-order valence-corrected chi connectivity index (χ4v) is 2.08. The average molecular weight is 300 g/mol. The summed E-state index contributed by atoms with van der Waals surface area (Å²) in [4.78, 5) is 2.30. The molecule has 96 valence electrons. The fraction of sp³-hybridized carbons (Fsp3) is 0.571. The van der Waals surface area contributed by atoms with Gasteiger partial charge in [-0.25, -0.2) is 0 Å². The van der Waals surface area contributed by atoms with Gasteiger partial charge >= 0.3 is 0 Å². The Morgan fingerprint density at radius 2 is 1.94 bits per heavy atom. The summed E-state index contributed by atoms with van der Waals surface area (Å²) in [6.07, 6.45) is 2.10. The maximum Gasteiger partial charge on any atom is 0.0471 e. The van der Waals surface area contributed by atoms with Crippen LogP contribution >= 0.6 is 15.9 Å². The largest absolute Gasteiger partial charge is 0.396 e. The van der Waals surface area contributed by atoms with Crippen LogP contribution in [0.1, 0.15) is 18.9 Å². The lowest BCUT2D eigenvalue weighted by atomic mass is 10.1. The van der Waals surface area contributed by atoms with Crippen LogP contribution in [0.4, 0.5) is 0 Å². The molecule has 3 heteroatoms. The Labute approximate surface area is 113 Å². The zero-order chi connectivity index (χ0) is 12.7. The van der Waals surface area contributed by atoms with Gasteiger partial charge in [0.25, 0.3) is 0 Å². The summed E-state index contributed by atoms with van der Waals surface area (Å²) in [5.74, 6) is 0.407. The molecule has 2 nitrogen and oxygen atoms in total. The van der Waals surface area contributed by atoms with Crippen molar-refractivity contribution in [1.82, 2.24) is 4.90 Å². The summed E-state index contributed by atoms with van der Waals surface area (Å²) in [5, 5.41) is 9.16. The Balaban J connectivity index is 2.32. The molecule has 0 radical (unpaired) electrons. The van der Waals surface area contributed by atoms with Gasteiger partial charge in [0.2, 0.25) is 0 Å². The van der Waals surface area contributed by atoms with E-state index in [1.807, 2.05) is 0 Å². The van der Waals surface area contributed by atoms with Crippen LogP contribution in [0.2, 0.25) is 0 Å². The summed E-state index contributed by atoms with van der Waals surface area (Å²) >= 11 is 3.44. The van der Waals surface area contributed by atoms with Crippen molar-refractivity contribution in [2.24, 2.45) is 5.92 Å². The van der Waals surface area contributed by atoms with Crippen LogP contribution in [0.25, 0.3) is 0 Å². The fourth-order valence-electron chi connectivity index (χ4n) is 1.82. The molecule has 17 heavy (non-hydrogen) atoms. The van der Waals surface area contributed by atoms with Crippen LogP contribution in [0, 0.1) is 5.92 Å². The third kappa shape index (κ3) is 5.66. The molecule has 0 saturated heterocycles. The molecule has 0 aliphatic rings. The van der Waals surface area contributed by atoms with Crippen molar-refractivity contribution in [1.29, 1.82) is 0 Å². The van der Waals surface area contributed by atoms with Gasteiger partial charge in [-0.15, -0.1) is 0 Å². The minimum atomic E-state index is 0.291.